The summed E-state index contributed by atoms with van der Waals surface area (Å²) in [5.41, 5.74) is -0.761. The molecule has 190 valence electrons. The minimum Gasteiger partial charge on any atom is -0.375 e. The van der Waals surface area contributed by atoms with E-state index in [1.54, 1.807) is 55.5 Å². The molecule has 2 aliphatic heterocycles. The summed E-state index contributed by atoms with van der Waals surface area (Å²) in [7, 11) is 0. The van der Waals surface area contributed by atoms with Gasteiger partial charge in [0.1, 0.15) is 11.2 Å². The molecule has 1 fully saturated rings. The predicted molar refractivity (Wildman–Crippen MR) is 141 cm³/mol. The highest BCUT2D eigenvalue weighted by Crippen LogP contribution is 2.51. The number of ether oxygens (including phenoxy) is 1. The molecule has 2 amide bonds. The van der Waals surface area contributed by atoms with Gasteiger partial charge in [-0.1, -0.05) is 42.1 Å². The number of aliphatic imine (C=N–C) groups is 1. The number of benzene rings is 2. The third-order valence-electron chi connectivity index (χ3n) is 6.53. The number of rotatable bonds is 4. The normalized spacial score (nSPS) is 24.9. The SMILES string of the molecule is Cc1cnc(C(=O)Nc2cccc([C@]34CO[C@@H](C)C[C@@]3(F)CSC(NC(=O)c3ccccc3)=N4)c2)cn1. The molecule has 0 aliphatic carbocycles. The third-order valence-corrected chi connectivity index (χ3v) is 7.60. The van der Waals surface area contributed by atoms with Crippen molar-refractivity contribution in [3.05, 3.63) is 89.5 Å². The molecule has 3 heterocycles. The van der Waals surface area contributed by atoms with Gasteiger partial charge in [0.05, 0.1) is 24.6 Å². The number of hydrogen-bond acceptors (Lipinski definition) is 7. The molecule has 2 aromatic carbocycles. The topological polar surface area (TPSA) is 106 Å². The lowest BCUT2D eigenvalue weighted by Gasteiger charge is -2.50. The van der Waals surface area contributed by atoms with Crippen LogP contribution in [0.1, 0.15) is 45.4 Å². The molecule has 0 bridgehead atoms. The van der Waals surface area contributed by atoms with E-state index in [4.69, 9.17) is 9.73 Å². The summed E-state index contributed by atoms with van der Waals surface area (Å²) in [4.78, 5) is 38.5. The van der Waals surface area contributed by atoms with Gasteiger partial charge in [0.25, 0.3) is 11.8 Å². The summed E-state index contributed by atoms with van der Waals surface area (Å²) < 4.78 is 22.6. The number of anilines is 1. The van der Waals surface area contributed by atoms with Crippen molar-refractivity contribution in [1.29, 1.82) is 0 Å². The van der Waals surface area contributed by atoms with Crippen molar-refractivity contribution in [3.63, 3.8) is 0 Å². The van der Waals surface area contributed by atoms with Crippen LogP contribution in [0.25, 0.3) is 0 Å². The summed E-state index contributed by atoms with van der Waals surface area (Å²) in [6.07, 6.45) is 2.79. The number of fused-ring (bicyclic) bond motifs is 1. The Kier molecular flexibility index (Phi) is 6.78. The van der Waals surface area contributed by atoms with Crippen molar-refractivity contribution >= 4 is 34.4 Å². The molecule has 0 spiro atoms. The number of carbonyl (C=O) groups excluding carboxylic acids is 2. The van der Waals surface area contributed by atoms with Crippen molar-refractivity contribution in [2.45, 2.75) is 37.6 Å². The number of carbonyl (C=O) groups is 2. The lowest BCUT2D eigenvalue weighted by atomic mass is 9.73. The number of nitrogens with one attached hydrogen (secondary N) is 2. The Hall–Kier alpha value is -3.63. The minimum absolute atomic E-state index is 0.00320. The van der Waals surface area contributed by atoms with E-state index in [1.807, 2.05) is 13.0 Å². The van der Waals surface area contributed by atoms with Crippen molar-refractivity contribution in [1.82, 2.24) is 15.3 Å². The number of halogens is 1. The van der Waals surface area contributed by atoms with Gasteiger partial charge in [-0.2, -0.15) is 0 Å². The number of thioether (sulfide) groups is 1. The monoisotopic (exact) mass is 519 g/mol. The number of aromatic nitrogens is 2. The number of alkyl halides is 1. The van der Waals surface area contributed by atoms with Crippen molar-refractivity contribution in [2.75, 3.05) is 17.7 Å². The highest BCUT2D eigenvalue weighted by molar-refractivity contribution is 8.14. The smallest absolute Gasteiger partial charge is 0.275 e. The zero-order valence-corrected chi connectivity index (χ0v) is 21.2. The van der Waals surface area contributed by atoms with Gasteiger partial charge < -0.3 is 15.4 Å². The van der Waals surface area contributed by atoms with Gasteiger partial charge in [0, 0.05) is 29.6 Å². The summed E-state index contributed by atoms with van der Waals surface area (Å²) in [5.74, 6) is -0.649. The first-order valence-corrected chi connectivity index (χ1v) is 12.9. The molecule has 3 atom stereocenters. The Morgan fingerprint density at radius 3 is 2.62 bits per heavy atom. The van der Waals surface area contributed by atoms with Crippen LogP contribution in [0.15, 0.2) is 72.0 Å². The van der Waals surface area contributed by atoms with Crippen molar-refractivity contribution in [2.24, 2.45) is 4.99 Å². The second-order valence-corrected chi connectivity index (χ2v) is 10.2. The number of aryl methyl sites for hydroxylation is 1. The van der Waals surface area contributed by atoms with E-state index in [0.29, 0.717) is 27.7 Å². The fraction of sp³-hybridized carbons (Fsp3) is 0.296. The first-order valence-electron chi connectivity index (χ1n) is 11.9. The fourth-order valence-electron chi connectivity index (χ4n) is 4.56. The van der Waals surface area contributed by atoms with Crippen LogP contribution in [0.3, 0.4) is 0 Å². The van der Waals surface area contributed by atoms with E-state index in [-0.39, 0.29) is 36.5 Å². The lowest BCUT2D eigenvalue weighted by Crippen LogP contribution is -2.60. The molecule has 1 aromatic heterocycles. The maximum absolute atomic E-state index is 16.7. The molecule has 1 saturated heterocycles. The largest absolute Gasteiger partial charge is 0.375 e. The lowest BCUT2D eigenvalue weighted by molar-refractivity contribution is -0.106. The summed E-state index contributed by atoms with van der Waals surface area (Å²) in [5, 5.41) is 5.96. The average molecular weight is 520 g/mol. The van der Waals surface area contributed by atoms with Gasteiger partial charge in [0.15, 0.2) is 10.8 Å². The molecule has 2 aliphatic rings. The molecule has 8 nitrogen and oxygen atoms in total. The second kappa shape index (κ2) is 10.0. The van der Waals surface area contributed by atoms with Gasteiger partial charge in [-0.25, -0.2) is 14.4 Å². The standard InChI is InChI=1S/C27H26FN5O3S/c1-17-13-30-22(14-29-17)24(35)31-21-10-6-9-20(11-21)27-15-36-18(2)12-26(27,28)16-37-25(33-27)32-23(34)19-7-4-3-5-8-19/h3-11,13-14,18H,12,15-16H2,1-2H3,(H,31,35)(H,32,33,34)/t18-,26+,27+/m0/s1. The molecular formula is C27H26FN5O3S. The first-order chi connectivity index (χ1) is 17.8. The van der Waals surface area contributed by atoms with Gasteiger partial charge in [-0.3, -0.25) is 14.6 Å². The van der Waals surface area contributed by atoms with Crippen LogP contribution < -0.4 is 10.6 Å². The van der Waals surface area contributed by atoms with E-state index in [2.05, 4.69) is 20.6 Å². The van der Waals surface area contributed by atoms with Crippen molar-refractivity contribution in [3.8, 4) is 0 Å². The quantitative estimate of drug-likeness (QED) is 0.533. The van der Waals surface area contributed by atoms with Crippen molar-refractivity contribution < 1.29 is 18.7 Å². The van der Waals surface area contributed by atoms with Crippen LogP contribution in [0, 0.1) is 6.92 Å². The Balaban J connectivity index is 1.48. The predicted octanol–water partition coefficient (Wildman–Crippen LogP) is 4.28. The van der Waals surface area contributed by atoms with Gasteiger partial charge in [-0.15, -0.1) is 0 Å². The van der Waals surface area contributed by atoms with Crippen LogP contribution in [-0.4, -0.2) is 51.1 Å². The fourth-order valence-corrected chi connectivity index (χ4v) is 5.67. The molecular weight excluding hydrogens is 493 g/mol. The minimum atomic E-state index is -1.72. The van der Waals surface area contributed by atoms with Crippen LogP contribution in [-0.2, 0) is 10.3 Å². The Labute approximate surface area is 218 Å². The van der Waals surface area contributed by atoms with E-state index < -0.39 is 17.1 Å². The molecule has 5 rings (SSSR count). The summed E-state index contributed by atoms with van der Waals surface area (Å²) in [6.45, 7) is 3.62. The zero-order valence-electron chi connectivity index (χ0n) is 20.4. The summed E-state index contributed by atoms with van der Waals surface area (Å²) >= 11 is 1.18. The molecule has 0 saturated carbocycles. The molecule has 10 heteroatoms. The van der Waals surface area contributed by atoms with Crippen LogP contribution in [0.5, 0.6) is 0 Å². The van der Waals surface area contributed by atoms with Crippen LogP contribution in [0.2, 0.25) is 0 Å². The van der Waals surface area contributed by atoms with Crippen LogP contribution >= 0.6 is 11.8 Å². The van der Waals surface area contributed by atoms with Gasteiger partial charge in [-0.05, 0) is 43.7 Å². The Morgan fingerprint density at radius 1 is 1.05 bits per heavy atom. The number of amides is 2. The maximum Gasteiger partial charge on any atom is 0.275 e. The zero-order chi connectivity index (χ0) is 26.0. The van der Waals surface area contributed by atoms with Gasteiger partial charge >= 0.3 is 0 Å². The Bertz CT molecular complexity index is 1350. The van der Waals surface area contributed by atoms with E-state index in [9.17, 15) is 9.59 Å². The number of nitrogens with zero attached hydrogens (tertiary/aromatic N) is 3. The third kappa shape index (κ3) is 4.99. The highest BCUT2D eigenvalue weighted by atomic mass is 32.2. The van der Waals surface area contributed by atoms with Crippen LogP contribution in [0.4, 0.5) is 10.1 Å². The molecule has 37 heavy (non-hydrogen) atoms. The average Bonchev–Trinajstić information content (AvgIpc) is 2.90. The summed E-state index contributed by atoms with van der Waals surface area (Å²) in [6, 6.07) is 15.7. The first kappa shape index (κ1) is 25.0. The number of amidine groups is 1. The molecule has 0 radical (unpaired) electrons. The molecule has 0 unspecified atom stereocenters. The Morgan fingerprint density at radius 2 is 1.86 bits per heavy atom. The van der Waals surface area contributed by atoms with E-state index in [1.165, 1.54) is 24.2 Å². The van der Waals surface area contributed by atoms with E-state index >= 15 is 4.39 Å². The molecule has 3 aromatic rings. The highest BCUT2D eigenvalue weighted by Gasteiger charge is 2.59. The van der Waals surface area contributed by atoms with E-state index in [0.717, 1.165) is 0 Å². The van der Waals surface area contributed by atoms with Gasteiger partial charge in [0.2, 0.25) is 0 Å². The second-order valence-electron chi connectivity index (χ2n) is 9.26. The number of hydrogen-bond donors (Lipinski definition) is 2. The molecule has 2 N–H and O–H groups in total. The maximum atomic E-state index is 16.7.